The van der Waals surface area contributed by atoms with Crippen molar-refractivity contribution in [3.63, 3.8) is 0 Å². The molecule has 27 heavy (non-hydrogen) atoms. The summed E-state index contributed by atoms with van der Waals surface area (Å²) < 4.78 is 29.9. The second-order valence-electron chi connectivity index (χ2n) is 6.16. The predicted molar refractivity (Wildman–Crippen MR) is 105 cm³/mol. The Bertz CT molecular complexity index is 1230. The van der Waals surface area contributed by atoms with Gasteiger partial charge in [-0.2, -0.15) is 0 Å². The maximum atomic E-state index is 12.6. The molecule has 0 bridgehead atoms. The normalized spacial score (nSPS) is 11.8. The molecule has 0 aliphatic heterocycles. The fourth-order valence-corrected chi connectivity index (χ4v) is 3.99. The summed E-state index contributed by atoms with van der Waals surface area (Å²) in [5.41, 5.74) is 0.322. The molecule has 0 atom stereocenters. The van der Waals surface area contributed by atoms with Crippen LogP contribution in [0.4, 0.5) is 0 Å². The smallest absolute Gasteiger partial charge is 0.296 e. The molecule has 0 fully saturated rings. The van der Waals surface area contributed by atoms with Crippen molar-refractivity contribution in [2.45, 2.75) is 11.3 Å². The Morgan fingerprint density at radius 2 is 1.67 bits per heavy atom. The highest BCUT2D eigenvalue weighted by atomic mass is 35.5. The van der Waals surface area contributed by atoms with E-state index in [2.05, 4.69) is 4.72 Å². The van der Waals surface area contributed by atoms with Crippen molar-refractivity contribution in [3.8, 4) is 0 Å². The lowest BCUT2D eigenvalue weighted by atomic mass is 10.2. The van der Waals surface area contributed by atoms with Gasteiger partial charge in [0.15, 0.2) is 0 Å². The zero-order chi connectivity index (χ0) is 19.8. The Morgan fingerprint density at radius 3 is 2.33 bits per heavy atom. The second-order valence-corrected chi connectivity index (χ2v) is 8.36. The number of aryl methyl sites for hydroxylation is 1. The van der Waals surface area contributed by atoms with Gasteiger partial charge in [0.05, 0.1) is 15.8 Å². The summed E-state index contributed by atoms with van der Waals surface area (Å²) in [7, 11) is -0.907. The lowest BCUT2D eigenvalue weighted by Crippen LogP contribution is -2.37. The summed E-state index contributed by atoms with van der Waals surface area (Å²) >= 11 is 5.83. The van der Waals surface area contributed by atoms with Crippen LogP contribution in [0.1, 0.15) is 5.56 Å². The number of nitrogens with zero attached hydrogens (tertiary/aromatic N) is 2. The van der Waals surface area contributed by atoms with Crippen LogP contribution in [0.25, 0.3) is 10.9 Å². The van der Waals surface area contributed by atoms with Crippen LogP contribution in [0.15, 0.2) is 56.9 Å². The predicted octanol–water partition coefficient (Wildman–Crippen LogP) is 1.41. The van der Waals surface area contributed by atoms with E-state index in [9.17, 15) is 18.0 Å². The van der Waals surface area contributed by atoms with E-state index in [1.807, 2.05) is 12.1 Å². The molecule has 0 saturated heterocycles. The molecule has 0 aliphatic carbocycles. The van der Waals surface area contributed by atoms with Crippen LogP contribution in [0.2, 0.25) is 5.02 Å². The highest BCUT2D eigenvalue weighted by Gasteiger charge is 2.17. The molecule has 0 unspecified atom stereocenters. The topological polar surface area (TPSA) is 90.2 Å². The molecule has 1 N–H and O–H groups in total. The molecule has 7 nitrogen and oxygen atoms in total. The molecule has 0 spiro atoms. The number of fused-ring (bicyclic) bond motifs is 1. The van der Waals surface area contributed by atoms with E-state index < -0.39 is 21.3 Å². The van der Waals surface area contributed by atoms with Gasteiger partial charge in [-0.05, 0) is 42.3 Å². The molecule has 9 heteroatoms. The van der Waals surface area contributed by atoms with Crippen molar-refractivity contribution in [1.82, 2.24) is 13.9 Å². The standard InChI is InChI=1S/C18H18ClN3O4S/c1-21-16-8-7-14(11-15(16)17(23)22(2)18(21)24)27(25,26)20-10-9-12-3-5-13(19)6-4-12/h3-8,11,20H,9-10H2,1-2H3. The zero-order valence-corrected chi connectivity index (χ0v) is 16.3. The van der Waals surface area contributed by atoms with Crippen molar-refractivity contribution >= 4 is 32.5 Å². The van der Waals surface area contributed by atoms with Gasteiger partial charge in [-0.25, -0.2) is 17.9 Å². The molecular formula is C18H18ClN3O4S. The maximum Gasteiger partial charge on any atom is 0.330 e. The quantitative estimate of drug-likeness (QED) is 0.692. The van der Waals surface area contributed by atoms with Crippen LogP contribution < -0.4 is 16.0 Å². The average molecular weight is 408 g/mol. The van der Waals surface area contributed by atoms with Crippen molar-refractivity contribution in [2.24, 2.45) is 14.1 Å². The van der Waals surface area contributed by atoms with Gasteiger partial charge in [-0.3, -0.25) is 13.9 Å². The fourth-order valence-electron chi connectivity index (χ4n) is 2.81. The van der Waals surface area contributed by atoms with E-state index >= 15 is 0 Å². The summed E-state index contributed by atoms with van der Waals surface area (Å²) in [6, 6.07) is 11.3. The molecule has 0 aliphatic rings. The minimum Gasteiger partial charge on any atom is -0.296 e. The number of nitrogens with one attached hydrogen (secondary N) is 1. The zero-order valence-electron chi connectivity index (χ0n) is 14.8. The van der Waals surface area contributed by atoms with E-state index in [1.165, 1.54) is 36.9 Å². The number of sulfonamides is 1. The Morgan fingerprint density at radius 1 is 1.00 bits per heavy atom. The van der Waals surface area contributed by atoms with Gasteiger partial charge >= 0.3 is 5.69 Å². The van der Waals surface area contributed by atoms with Crippen LogP contribution in [0, 0.1) is 0 Å². The third kappa shape index (κ3) is 3.83. The highest BCUT2D eigenvalue weighted by Crippen LogP contribution is 2.15. The van der Waals surface area contributed by atoms with Crippen LogP contribution in [0.5, 0.6) is 0 Å². The van der Waals surface area contributed by atoms with Gasteiger partial charge in [0.25, 0.3) is 5.56 Å². The summed E-state index contributed by atoms with van der Waals surface area (Å²) in [5, 5.41) is 0.784. The first-order chi connectivity index (χ1) is 12.7. The van der Waals surface area contributed by atoms with Crippen molar-refractivity contribution in [3.05, 3.63) is 73.9 Å². The molecule has 142 valence electrons. The molecule has 1 heterocycles. The van der Waals surface area contributed by atoms with E-state index in [-0.39, 0.29) is 16.8 Å². The average Bonchev–Trinajstić information content (AvgIpc) is 2.65. The lowest BCUT2D eigenvalue weighted by Gasteiger charge is -2.10. The van der Waals surface area contributed by atoms with Gasteiger partial charge in [0, 0.05) is 25.7 Å². The fraction of sp³-hybridized carbons (Fsp3) is 0.222. The molecule has 1 aromatic heterocycles. The minimum atomic E-state index is -3.79. The number of hydrogen-bond acceptors (Lipinski definition) is 4. The van der Waals surface area contributed by atoms with E-state index in [1.54, 1.807) is 12.1 Å². The monoisotopic (exact) mass is 407 g/mol. The molecule has 0 amide bonds. The molecule has 3 rings (SSSR count). The number of aromatic nitrogens is 2. The minimum absolute atomic E-state index is 0.0261. The molecule has 2 aromatic carbocycles. The third-order valence-corrected chi connectivity index (χ3v) is 6.08. The number of halogens is 1. The first-order valence-electron chi connectivity index (χ1n) is 8.14. The summed E-state index contributed by atoms with van der Waals surface area (Å²) in [4.78, 5) is 24.3. The molecule has 3 aromatic rings. The van der Waals surface area contributed by atoms with Crippen molar-refractivity contribution in [1.29, 1.82) is 0 Å². The Balaban J connectivity index is 1.88. The van der Waals surface area contributed by atoms with Gasteiger partial charge in [-0.1, -0.05) is 23.7 Å². The lowest BCUT2D eigenvalue weighted by molar-refractivity contribution is 0.581. The first-order valence-corrected chi connectivity index (χ1v) is 10.0. The number of benzene rings is 2. The SMILES string of the molecule is Cn1c(=O)c2cc(S(=O)(=O)NCCc3ccc(Cl)cc3)ccc2n(C)c1=O. The maximum absolute atomic E-state index is 12.6. The van der Waals surface area contributed by atoms with Gasteiger partial charge < -0.3 is 0 Å². The first kappa shape index (κ1) is 19.3. The summed E-state index contributed by atoms with van der Waals surface area (Å²) in [6.07, 6.45) is 0.500. The number of rotatable bonds is 5. The molecule has 0 radical (unpaired) electrons. The van der Waals surface area contributed by atoms with Crippen LogP contribution in [-0.2, 0) is 30.5 Å². The van der Waals surface area contributed by atoms with Crippen molar-refractivity contribution in [2.75, 3.05) is 6.54 Å². The summed E-state index contributed by atoms with van der Waals surface area (Å²) in [6.45, 7) is 0.202. The Kier molecular flexibility index (Phi) is 5.23. The van der Waals surface area contributed by atoms with E-state index in [0.717, 1.165) is 10.1 Å². The van der Waals surface area contributed by atoms with Crippen LogP contribution in [-0.4, -0.2) is 24.1 Å². The Hall–Kier alpha value is -2.42. The molecule has 0 saturated carbocycles. The highest BCUT2D eigenvalue weighted by molar-refractivity contribution is 7.89. The van der Waals surface area contributed by atoms with Gasteiger partial charge in [-0.15, -0.1) is 0 Å². The van der Waals surface area contributed by atoms with Crippen molar-refractivity contribution < 1.29 is 8.42 Å². The van der Waals surface area contributed by atoms with E-state index in [4.69, 9.17) is 11.6 Å². The van der Waals surface area contributed by atoms with Gasteiger partial charge in [0.2, 0.25) is 10.0 Å². The Labute approximate surface area is 160 Å². The number of hydrogen-bond donors (Lipinski definition) is 1. The largest absolute Gasteiger partial charge is 0.330 e. The van der Waals surface area contributed by atoms with Gasteiger partial charge in [0.1, 0.15) is 0 Å². The third-order valence-electron chi connectivity index (χ3n) is 4.37. The van der Waals surface area contributed by atoms with E-state index in [0.29, 0.717) is 17.0 Å². The molecular weight excluding hydrogens is 390 g/mol. The summed E-state index contributed by atoms with van der Waals surface area (Å²) in [5.74, 6) is 0. The van der Waals surface area contributed by atoms with Crippen LogP contribution >= 0.6 is 11.6 Å². The van der Waals surface area contributed by atoms with Crippen LogP contribution in [0.3, 0.4) is 0 Å². The second kappa shape index (κ2) is 7.30.